The number of aliphatic hydroxyl groups excluding tert-OH is 1. The van der Waals surface area contributed by atoms with Crippen LogP contribution in [-0.4, -0.2) is 68.5 Å². The van der Waals surface area contributed by atoms with Crippen molar-refractivity contribution in [3.63, 3.8) is 0 Å². The number of aryl methyl sites for hydroxylation is 1. The van der Waals surface area contributed by atoms with Gasteiger partial charge in [0.05, 0.1) is 34.6 Å². The van der Waals surface area contributed by atoms with Crippen molar-refractivity contribution in [2.75, 3.05) is 6.54 Å². The molecule has 4 N–H and O–H groups in total. The van der Waals surface area contributed by atoms with Gasteiger partial charge in [-0.3, -0.25) is 19.2 Å². The molecule has 38 heavy (non-hydrogen) atoms. The summed E-state index contributed by atoms with van der Waals surface area (Å²) in [7, 11) is 0. The smallest absolute Gasteiger partial charge is 0.303 e. The van der Waals surface area contributed by atoms with E-state index in [1.54, 1.807) is 37.6 Å². The van der Waals surface area contributed by atoms with Gasteiger partial charge in [-0.1, -0.05) is 45.0 Å². The molecule has 2 aromatic rings. The number of aliphatic hydroxyl groups is 1. The minimum absolute atomic E-state index is 0.0359. The number of carboxylic acid groups (broad SMARTS) is 1. The Balaban J connectivity index is 1.71. The molecule has 206 valence electrons. The third kappa shape index (κ3) is 7.16. The molecule has 0 aliphatic carbocycles. The first-order chi connectivity index (χ1) is 17.8. The van der Waals surface area contributed by atoms with E-state index in [2.05, 4.69) is 15.6 Å². The number of rotatable bonds is 9. The number of carbonyl (C=O) groups excluding carboxylic acids is 3. The van der Waals surface area contributed by atoms with Crippen molar-refractivity contribution < 1.29 is 29.4 Å². The van der Waals surface area contributed by atoms with Gasteiger partial charge >= 0.3 is 5.97 Å². The normalized spacial score (nSPS) is 19.1. The standard InChI is InChI=1S/C27H36N4O6S/c1-15(17-6-8-18(9-7-17)23-16(2)28-14-38-23)29-25(36)20-12-19(32)13-31(20)26(37)24(27(3,4)5)30-21(33)10-11-22(34)35/h6-9,14-15,19-20,24,32H,10-13H2,1-5H3,(H,29,36)(H,30,33)(H,34,35). The molecule has 3 rings (SSSR count). The number of aliphatic carboxylic acids is 1. The average molecular weight is 545 g/mol. The third-order valence-corrected chi connectivity index (χ3v) is 7.60. The molecule has 1 aromatic carbocycles. The summed E-state index contributed by atoms with van der Waals surface area (Å²) in [6.45, 7) is 9.09. The third-order valence-electron chi connectivity index (χ3n) is 6.63. The van der Waals surface area contributed by atoms with E-state index in [4.69, 9.17) is 5.11 Å². The molecule has 1 aliphatic heterocycles. The summed E-state index contributed by atoms with van der Waals surface area (Å²) in [6.07, 6.45) is -1.42. The number of hydrogen-bond donors (Lipinski definition) is 4. The maximum atomic E-state index is 13.6. The first kappa shape index (κ1) is 29.2. The van der Waals surface area contributed by atoms with Crippen molar-refractivity contribution in [2.45, 2.75) is 78.1 Å². The lowest BCUT2D eigenvalue weighted by Crippen LogP contribution is -2.57. The highest BCUT2D eigenvalue weighted by molar-refractivity contribution is 7.13. The van der Waals surface area contributed by atoms with Gasteiger partial charge < -0.3 is 25.7 Å². The molecular formula is C27H36N4O6S. The van der Waals surface area contributed by atoms with Crippen LogP contribution in [0.1, 0.15) is 64.3 Å². The monoisotopic (exact) mass is 544 g/mol. The number of aromatic nitrogens is 1. The summed E-state index contributed by atoms with van der Waals surface area (Å²) in [5.41, 5.74) is 3.98. The Kier molecular flexibility index (Phi) is 9.26. The molecule has 0 spiro atoms. The number of nitrogens with zero attached hydrogens (tertiary/aromatic N) is 2. The topological polar surface area (TPSA) is 149 Å². The summed E-state index contributed by atoms with van der Waals surface area (Å²) in [5.74, 6) is -2.56. The van der Waals surface area contributed by atoms with Crippen LogP contribution in [0.25, 0.3) is 10.4 Å². The lowest BCUT2D eigenvalue weighted by Gasteiger charge is -2.35. The van der Waals surface area contributed by atoms with Gasteiger partial charge in [0.15, 0.2) is 0 Å². The van der Waals surface area contributed by atoms with Crippen LogP contribution in [0.4, 0.5) is 0 Å². The van der Waals surface area contributed by atoms with Gasteiger partial charge in [-0.05, 0) is 30.4 Å². The summed E-state index contributed by atoms with van der Waals surface area (Å²) in [6, 6.07) is 5.60. The predicted octanol–water partition coefficient (Wildman–Crippen LogP) is 2.65. The lowest BCUT2D eigenvalue weighted by atomic mass is 9.85. The largest absolute Gasteiger partial charge is 0.481 e. The molecule has 4 atom stereocenters. The number of thiazole rings is 1. The Hall–Kier alpha value is -3.31. The number of likely N-dealkylation sites (tertiary alicyclic amines) is 1. The van der Waals surface area contributed by atoms with Crippen LogP contribution in [-0.2, 0) is 19.2 Å². The Morgan fingerprint density at radius 1 is 1.13 bits per heavy atom. The van der Waals surface area contributed by atoms with E-state index in [0.29, 0.717) is 0 Å². The van der Waals surface area contributed by atoms with E-state index in [1.165, 1.54) is 4.90 Å². The molecular weight excluding hydrogens is 508 g/mol. The summed E-state index contributed by atoms with van der Waals surface area (Å²) >= 11 is 1.56. The van der Waals surface area contributed by atoms with Crippen LogP contribution in [0.2, 0.25) is 0 Å². The number of carboxylic acids is 1. The number of carbonyl (C=O) groups is 4. The second kappa shape index (κ2) is 12.0. The molecule has 2 heterocycles. The van der Waals surface area contributed by atoms with Crippen molar-refractivity contribution in [1.82, 2.24) is 20.5 Å². The van der Waals surface area contributed by atoms with Gasteiger partial charge in [-0.2, -0.15) is 0 Å². The Morgan fingerprint density at radius 3 is 2.34 bits per heavy atom. The fourth-order valence-corrected chi connectivity index (χ4v) is 5.28. The van der Waals surface area contributed by atoms with E-state index in [-0.39, 0.29) is 31.8 Å². The zero-order chi connectivity index (χ0) is 28.2. The van der Waals surface area contributed by atoms with Crippen molar-refractivity contribution in [1.29, 1.82) is 0 Å². The fourth-order valence-electron chi connectivity index (χ4n) is 4.47. The second-order valence-corrected chi connectivity index (χ2v) is 11.6. The highest BCUT2D eigenvalue weighted by atomic mass is 32.1. The molecule has 1 aromatic heterocycles. The van der Waals surface area contributed by atoms with E-state index in [9.17, 15) is 24.3 Å². The predicted molar refractivity (Wildman–Crippen MR) is 143 cm³/mol. The van der Waals surface area contributed by atoms with E-state index in [1.807, 2.05) is 38.1 Å². The molecule has 0 saturated carbocycles. The summed E-state index contributed by atoms with van der Waals surface area (Å²) < 4.78 is 0. The van der Waals surface area contributed by atoms with Crippen LogP contribution < -0.4 is 10.6 Å². The van der Waals surface area contributed by atoms with Gasteiger partial charge in [-0.15, -0.1) is 11.3 Å². The lowest BCUT2D eigenvalue weighted by molar-refractivity contribution is -0.144. The van der Waals surface area contributed by atoms with Crippen molar-refractivity contribution in [2.24, 2.45) is 5.41 Å². The minimum atomic E-state index is -1.11. The first-order valence-corrected chi connectivity index (χ1v) is 13.5. The number of nitrogens with one attached hydrogen (secondary N) is 2. The Bertz CT molecular complexity index is 1170. The van der Waals surface area contributed by atoms with Gasteiger partial charge in [0.2, 0.25) is 17.7 Å². The van der Waals surface area contributed by atoms with Crippen molar-refractivity contribution in [3.8, 4) is 10.4 Å². The molecule has 3 amide bonds. The molecule has 0 bridgehead atoms. The van der Waals surface area contributed by atoms with Gasteiger partial charge in [-0.25, -0.2) is 4.98 Å². The van der Waals surface area contributed by atoms with Gasteiger partial charge in [0.25, 0.3) is 0 Å². The number of benzene rings is 1. The Morgan fingerprint density at radius 2 is 1.79 bits per heavy atom. The number of hydrogen-bond acceptors (Lipinski definition) is 7. The van der Waals surface area contributed by atoms with Crippen LogP contribution >= 0.6 is 11.3 Å². The molecule has 4 unspecified atom stereocenters. The summed E-state index contributed by atoms with van der Waals surface area (Å²) in [4.78, 5) is 56.7. The average Bonchev–Trinajstić information content (AvgIpc) is 3.45. The fraction of sp³-hybridized carbons (Fsp3) is 0.519. The Labute approximate surface area is 226 Å². The second-order valence-electron chi connectivity index (χ2n) is 10.8. The maximum Gasteiger partial charge on any atom is 0.303 e. The SMILES string of the molecule is Cc1ncsc1-c1ccc(C(C)NC(=O)C2CC(O)CN2C(=O)C(NC(=O)CCC(=O)O)C(C)(C)C)cc1. The number of amides is 3. The zero-order valence-corrected chi connectivity index (χ0v) is 23.2. The quantitative estimate of drug-likeness (QED) is 0.379. The minimum Gasteiger partial charge on any atom is -0.481 e. The highest BCUT2D eigenvalue weighted by Gasteiger charge is 2.44. The molecule has 11 heteroatoms. The highest BCUT2D eigenvalue weighted by Crippen LogP contribution is 2.29. The molecule has 1 saturated heterocycles. The van der Waals surface area contributed by atoms with Crippen molar-refractivity contribution >= 4 is 35.0 Å². The van der Waals surface area contributed by atoms with Gasteiger partial charge in [0.1, 0.15) is 12.1 Å². The van der Waals surface area contributed by atoms with E-state index < -0.39 is 47.3 Å². The van der Waals surface area contributed by atoms with Crippen LogP contribution in [0.15, 0.2) is 29.8 Å². The first-order valence-electron chi connectivity index (χ1n) is 12.6. The van der Waals surface area contributed by atoms with Crippen LogP contribution in [0, 0.1) is 12.3 Å². The number of β-amino-alcohol motifs (C(OH)–C–C–N with tert-alkyl or cyclic N) is 1. The van der Waals surface area contributed by atoms with Crippen LogP contribution in [0.5, 0.6) is 0 Å². The van der Waals surface area contributed by atoms with Crippen molar-refractivity contribution in [3.05, 3.63) is 41.0 Å². The van der Waals surface area contributed by atoms with E-state index >= 15 is 0 Å². The molecule has 0 radical (unpaired) electrons. The van der Waals surface area contributed by atoms with Gasteiger partial charge in [0, 0.05) is 19.4 Å². The molecule has 10 nitrogen and oxygen atoms in total. The van der Waals surface area contributed by atoms with Crippen LogP contribution in [0.3, 0.4) is 0 Å². The summed E-state index contributed by atoms with van der Waals surface area (Å²) in [5, 5.41) is 24.8. The molecule has 1 aliphatic rings. The zero-order valence-electron chi connectivity index (χ0n) is 22.4. The maximum absolute atomic E-state index is 13.6. The van der Waals surface area contributed by atoms with E-state index in [0.717, 1.165) is 21.7 Å². The molecule has 1 fully saturated rings.